The number of nitrogens with zero attached hydrogens (tertiary/aromatic N) is 1. The molecule has 0 aliphatic carbocycles. The Balaban J connectivity index is 0.000000736. The third-order valence-electron chi connectivity index (χ3n) is 15.3. The van der Waals surface area contributed by atoms with Gasteiger partial charge in [-0.2, -0.15) is 0 Å². The molecular weight excluding hydrogens is 1010 g/mol. The van der Waals surface area contributed by atoms with Gasteiger partial charge >= 0.3 is 24.0 Å². The largest absolute Gasteiger partial charge is 0.461 e. The van der Waals surface area contributed by atoms with Crippen molar-refractivity contribution in [1.82, 2.24) is 20.9 Å². The maximum atomic E-state index is 14.3. The zero-order chi connectivity index (χ0) is 57.5. The fourth-order valence-corrected chi connectivity index (χ4v) is 10.3. The number of nitrogens with one attached hydrogen (secondary N) is 3. The molecule has 0 bridgehead atoms. The third-order valence-corrected chi connectivity index (χ3v) is 15.3. The number of rotatable bonds is 47. The number of ether oxygens (including phenoxy) is 3. The molecule has 2 aliphatic heterocycles. The molecule has 80 heavy (non-hydrogen) atoms. The smallest absolute Gasteiger partial charge is 0.415 e. The van der Waals surface area contributed by atoms with Crippen molar-refractivity contribution in [1.29, 1.82) is 0 Å². The van der Waals surface area contributed by atoms with Crippen LogP contribution in [0.4, 0.5) is 4.79 Å². The molecule has 4 rings (SSSR count). The van der Waals surface area contributed by atoms with Gasteiger partial charge in [0.1, 0.15) is 31.3 Å². The van der Waals surface area contributed by atoms with Gasteiger partial charge in [-0.15, -0.1) is 0 Å². The minimum Gasteiger partial charge on any atom is -0.461 e. The van der Waals surface area contributed by atoms with E-state index in [-0.39, 0.29) is 56.6 Å². The lowest BCUT2D eigenvalue weighted by Gasteiger charge is -2.29. The van der Waals surface area contributed by atoms with Crippen LogP contribution in [0, 0.1) is 0 Å². The summed E-state index contributed by atoms with van der Waals surface area (Å²) in [5.74, 6) is -2.10. The molecule has 2 heterocycles. The number of amides is 4. The first kappa shape index (κ1) is 69.0. The van der Waals surface area contributed by atoms with E-state index in [2.05, 4.69) is 34.5 Å². The summed E-state index contributed by atoms with van der Waals surface area (Å²) in [5, 5.41) is 8.00. The molecule has 4 amide bonds. The first-order valence-electron chi connectivity index (χ1n) is 31.9. The van der Waals surface area contributed by atoms with E-state index >= 15 is 0 Å². The quantitative estimate of drug-likeness (QED) is 0.0249. The highest BCUT2D eigenvalue weighted by atomic mass is 16.6. The van der Waals surface area contributed by atoms with Crippen LogP contribution in [0.3, 0.4) is 0 Å². The summed E-state index contributed by atoms with van der Waals surface area (Å²) >= 11 is 0. The molecule has 3 atom stereocenters. The number of cyclic esters (lactones) is 2. The van der Waals surface area contributed by atoms with E-state index in [1.807, 2.05) is 65.6 Å². The number of alkyl carbamates (subject to hydrolysis) is 1. The van der Waals surface area contributed by atoms with Crippen molar-refractivity contribution in [2.45, 2.75) is 289 Å². The molecule has 14 nitrogen and oxygen atoms in total. The minimum atomic E-state index is -0.851. The first-order valence-corrected chi connectivity index (χ1v) is 31.9. The first-order chi connectivity index (χ1) is 39.1. The summed E-state index contributed by atoms with van der Waals surface area (Å²) < 4.78 is 14.9. The van der Waals surface area contributed by atoms with Crippen LogP contribution >= 0.6 is 0 Å². The van der Waals surface area contributed by atoms with Gasteiger partial charge in [-0.05, 0) is 43.2 Å². The van der Waals surface area contributed by atoms with E-state index in [4.69, 9.17) is 9.47 Å². The normalized spacial score (nSPS) is 15.1. The SMILES string of the molecule is CCCCCCCCCCCCCCCCCCN(CCCCCCCCCCCCCCCCCC)C(=O)C(CCC(=O)OCc1ccccc1)NC(=O)C1CCC(=O)N1.O=C(CCC1NC(=O)OC1=O)OCc1ccccc1. The fraction of sp³-hybridized carbons (Fsp3) is 0.712. The fourth-order valence-electron chi connectivity index (χ4n) is 10.3. The molecular formula is C66H106N4O10. The zero-order valence-corrected chi connectivity index (χ0v) is 49.7. The summed E-state index contributed by atoms with van der Waals surface area (Å²) in [4.78, 5) is 87.7. The molecule has 0 spiro atoms. The molecule has 0 radical (unpaired) electrons. The van der Waals surface area contributed by atoms with Crippen molar-refractivity contribution in [2.24, 2.45) is 0 Å². The number of esters is 3. The van der Waals surface area contributed by atoms with Gasteiger partial charge in [0.2, 0.25) is 17.7 Å². The Bertz CT molecular complexity index is 1930. The van der Waals surface area contributed by atoms with Crippen molar-refractivity contribution in [3.8, 4) is 0 Å². The number of unbranched alkanes of at least 4 members (excludes halogenated alkanes) is 30. The molecule has 14 heteroatoms. The van der Waals surface area contributed by atoms with Crippen molar-refractivity contribution in [3.63, 3.8) is 0 Å². The van der Waals surface area contributed by atoms with Gasteiger partial charge in [0.25, 0.3) is 0 Å². The van der Waals surface area contributed by atoms with Gasteiger partial charge in [-0.25, -0.2) is 9.59 Å². The summed E-state index contributed by atoms with van der Waals surface area (Å²) in [5.41, 5.74) is 1.79. The lowest BCUT2D eigenvalue weighted by Crippen LogP contribution is -2.53. The van der Waals surface area contributed by atoms with Crippen molar-refractivity contribution in [3.05, 3.63) is 71.8 Å². The van der Waals surface area contributed by atoms with Gasteiger partial charge in [0.15, 0.2) is 0 Å². The lowest BCUT2D eigenvalue weighted by molar-refractivity contribution is -0.146. The molecule has 2 aliphatic rings. The van der Waals surface area contributed by atoms with Crippen LogP contribution in [0.15, 0.2) is 60.7 Å². The molecule has 450 valence electrons. The summed E-state index contributed by atoms with van der Waals surface area (Å²) in [6.07, 6.45) is 42.0. The van der Waals surface area contributed by atoms with Crippen LogP contribution in [0.1, 0.15) is 269 Å². The number of benzene rings is 2. The van der Waals surface area contributed by atoms with Crippen LogP contribution in [0.2, 0.25) is 0 Å². The van der Waals surface area contributed by atoms with E-state index in [0.29, 0.717) is 25.9 Å². The van der Waals surface area contributed by atoms with Crippen molar-refractivity contribution >= 4 is 41.7 Å². The van der Waals surface area contributed by atoms with E-state index in [0.717, 1.165) is 36.8 Å². The highest BCUT2D eigenvalue weighted by Gasteiger charge is 2.34. The second kappa shape index (κ2) is 46.3. The van der Waals surface area contributed by atoms with Crippen LogP contribution in [-0.2, 0) is 56.2 Å². The Hall–Kier alpha value is -5.27. The molecule has 3 unspecified atom stereocenters. The Morgan fingerprint density at radius 1 is 0.537 bits per heavy atom. The highest BCUT2D eigenvalue weighted by molar-refractivity contribution is 5.96. The topological polar surface area (TPSA) is 187 Å². The number of carbonyl (C=O) groups excluding carboxylic acids is 7. The second-order valence-corrected chi connectivity index (χ2v) is 22.4. The zero-order valence-electron chi connectivity index (χ0n) is 49.7. The predicted molar refractivity (Wildman–Crippen MR) is 318 cm³/mol. The van der Waals surface area contributed by atoms with Crippen LogP contribution < -0.4 is 16.0 Å². The van der Waals surface area contributed by atoms with Gasteiger partial charge in [0, 0.05) is 32.4 Å². The predicted octanol–water partition coefficient (Wildman–Crippen LogP) is 14.8. The molecule has 3 N–H and O–H groups in total. The number of hydrogen-bond donors (Lipinski definition) is 3. The molecule has 0 aromatic heterocycles. The summed E-state index contributed by atoms with van der Waals surface area (Å²) in [6, 6.07) is 16.6. The van der Waals surface area contributed by atoms with E-state index < -0.39 is 42.1 Å². The van der Waals surface area contributed by atoms with E-state index in [1.165, 1.54) is 180 Å². The molecule has 2 aromatic carbocycles. The van der Waals surface area contributed by atoms with Crippen molar-refractivity contribution in [2.75, 3.05) is 13.1 Å². The average molecular weight is 1120 g/mol. The number of carbonyl (C=O) groups is 7. The summed E-state index contributed by atoms with van der Waals surface area (Å²) in [6.45, 7) is 6.23. The molecule has 2 saturated heterocycles. The monoisotopic (exact) mass is 1110 g/mol. The standard InChI is InChI=1S/C53H93N3O5.C13H13NO5/c1-3-5-7-9-11-13-15-17-19-21-23-25-27-29-31-36-44-56(45-37-32-30-28-26-24-22-20-18-16-14-12-10-8-6-4-2)53(60)49(55-52(59)48-40-42-50(57)54-48)41-43-51(58)61-46-47-38-34-33-35-39-47;15-11(18-8-9-4-2-1-3-5-9)7-6-10-12(16)19-13(17)14-10/h33-35,38-39,48-49H,3-32,36-37,40-46H2,1-2H3,(H,54,57)(H,55,59);1-5,10H,6-8H2,(H,14,17). The minimum absolute atomic E-state index is 0.0203. The third kappa shape index (κ3) is 34.8. The van der Waals surface area contributed by atoms with E-state index in [1.54, 1.807) is 0 Å². The summed E-state index contributed by atoms with van der Waals surface area (Å²) in [7, 11) is 0. The van der Waals surface area contributed by atoms with Gasteiger partial charge < -0.3 is 35.1 Å². The average Bonchev–Trinajstić information content (AvgIpc) is 4.06. The molecule has 2 fully saturated rings. The highest BCUT2D eigenvalue weighted by Crippen LogP contribution is 2.18. The van der Waals surface area contributed by atoms with Crippen LogP contribution in [0.25, 0.3) is 0 Å². The Morgan fingerprint density at radius 2 is 0.925 bits per heavy atom. The van der Waals surface area contributed by atoms with Crippen LogP contribution in [-0.4, -0.2) is 77.8 Å². The maximum Gasteiger partial charge on any atom is 0.415 e. The maximum absolute atomic E-state index is 14.3. The van der Waals surface area contributed by atoms with Gasteiger partial charge in [-0.1, -0.05) is 267 Å². The van der Waals surface area contributed by atoms with Gasteiger partial charge in [-0.3, -0.25) is 24.0 Å². The molecule has 2 aromatic rings. The number of hydrogen-bond acceptors (Lipinski definition) is 10. The molecule has 0 saturated carbocycles. The second-order valence-electron chi connectivity index (χ2n) is 22.4. The van der Waals surface area contributed by atoms with E-state index in [9.17, 15) is 33.6 Å². The lowest BCUT2D eigenvalue weighted by atomic mass is 10.0. The van der Waals surface area contributed by atoms with Gasteiger partial charge in [0.05, 0.1) is 0 Å². The Labute approximate surface area is 482 Å². The van der Waals surface area contributed by atoms with Crippen molar-refractivity contribution < 1.29 is 47.8 Å². The Kier molecular flexibility index (Phi) is 40.0. The van der Waals surface area contributed by atoms with Crippen LogP contribution in [0.5, 0.6) is 0 Å². The Morgan fingerprint density at radius 3 is 1.29 bits per heavy atom.